The third kappa shape index (κ3) is 2.84. The lowest BCUT2D eigenvalue weighted by Gasteiger charge is -2.13. The molecule has 2 aromatic carbocycles. The van der Waals surface area contributed by atoms with Gasteiger partial charge in [0.25, 0.3) is 11.8 Å². The summed E-state index contributed by atoms with van der Waals surface area (Å²) in [6.45, 7) is 1.99. The number of fused-ring (bicyclic) bond motifs is 1. The predicted octanol–water partition coefficient (Wildman–Crippen LogP) is 3.15. The van der Waals surface area contributed by atoms with Gasteiger partial charge in [-0.3, -0.25) is 14.6 Å². The number of para-hydroxylation sites is 1. The molecule has 2 amide bonds. The maximum Gasteiger partial charge on any atom is 0.255 e. The summed E-state index contributed by atoms with van der Waals surface area (Å²) in [5.74, 6) is -0.904. The van der Waals surface area contributed by atoms with Gasteiger partial charge in [0.15, 0.2) is 0 Å². The number of hydrogen-bond acceptors (Lipinski definition) is 3. The highest BCUT2D eigenvalue weighted by Gasteiger charge is 2.17. The molecule has 0 aliphatic rings. The van der Waals surface area contributed by atoms with Crippen LogP contribution in [0.25, 0.3) is 10.9 Å². The minimum absolute atomic E-state index is 0.191. The number of rotatable bonds is 4. The largest absolute Gasteiger partial charge is 0.365 e. The Balaban J connectivity index is 2.10. The van der Waals surface area contributed by atoms with Gasteiger partial charge in [-0.1, -0.05) is 43.3 Å². The van der Waals surface area contributed by atoms with Crippen LogP contribution >= 0.6 is 0 Å². The Bertz CT molecular complexity index is 935. The summed E-state index contributed by atoms with van der Waals surface area (Å²) in [5.41, 5.74) is 8.23. The number of anilines is 1. The first-order valence-electron chi connectivity index (χ1n) is 7.68. The minimum atomic E-state index is -0.632. The minimum Gasteiger partial charge on any atom is -0.365 e. The number of primary amides is 1. The zero-order valence-corrected chi connectivity index (χ0v) is 13.2. The Kier molecular flexibility index (Phi) is 4.24. The van der Waals surface area contributed by atoms with E-state index in [0.29, 0.717) is 22.2 Å². The maximum absolute atomic E-state index is 12.7. The smallest absolute Gasteiger partial charge is 0.255 e. The van der Waals surface area contributed by atoms with Gasteiger partial charge in [0, 0.05) is 17.1 Å². The summed E-state index contributed by atoms with van der Waals surface area (Å²) in [6.07, 6.45) is 2.13. The normalized spacial score (nSPS) is 10.5. The molecule has 5 heteroatoms. The summed E-state index contributed by atoms with van der Waals surface area (Å²) in [4.78, 5) is 28.7. The van der Waals surface area contributed by atoms with Crippen LogP contribution in [0.2, 0.25) is 0 Å². The van der Waals surface area contributed by atoms with E-state index >= 15 is 0 Å². The molecule has 0 unspecified atom stereocenters. The van der Waals surface area contributed by atoms with Crippen LogP contribution in [0.4, 0.5) is 5.69 Å². The van der Waals surface area contributed by atoms with Crippen molar-refractivity contribution in [1.82, 2.24) is 4.98 Å². The topological polar surface area (TPSA) is 85.1 Å². The highest BCUT2D eigenvalue weighted by atomic mass is 16.2. The number of aromatic nitrogens is 1. The second-order valence-electron chi connectivity index (χ2n) is 5.39. The van der Waals surface area contributed by atoms with E-state index in [1.165, 1.54) is 6.20 Å². The highest BCUT2D eigenvalue weighted by Crippen LogP contribution is 2.26. The molecule has 0 saturated heterocycles. The van der Waals surface area contributed by atoms with E-state index in [1.54, 1.807) is 12.1 Å². The molecular formula is C19H17N3O2. The van der Waals surface area contributed by atoms with Crippen LogP contribution < -0.4 is 11.1 Å². The van der Waals surface area contributed by atoms with Crippen molar-refractivity contribution in [3.8, 4) is 0 Å². The van der Waals surface area contributed by atoms with Crippen molar-refractivity contribution in [3.63, 3.8) is 0 Å². The SMILES string of the molecule is CCc1ccccc1C(=O)Nc1c(C(N)=O)cnc2ccccc12. The van der Waals surface area contributed by atoms with Gasteiger partial charge in [-0.15, -0.1) is 0 Å². The van der Waals surface area contributed by atoms with Gasteiger partial charge in [0.1, 0.15) is 0 Å². The number of aryl methyl sites for hydroxylation is 1. The molecule has 3 rings (SSSR count). The molecule has 1 heterocycles. The Hall–Kier alpha value is -3.21. The van der Waals surface area contributed by atoms with E-state index in [0.717, 1.165) is 12.0 Å². The van der Waals surface area contributed by atoms with Gasteiger partial charge in [-0.2, -0.15) is 0 Å². The molecule has 24 heavy (non-hydrogen) atoms. The van der Waals surface area contributed by atoms with Gasteiger partial charge < -0.3 is 11.1 Å². The van der Waals surface area contributed by atoms with E-state index in [4.69, 9.17) is 5.73 Å². The number of nitrogens with two attached hydrogens (primary N) is 1. The number of hydrogen-bond donors (Lipinski definition) is 2. The van der Waals surface area contributed by atoms with Crippen LogP contribution in [-0.2, 0) is 6.42 Å². The van der Waals surface area contributed by atoms with Crippen LogP contribution in [0, 0.1) is 0 Å². The van der Waals surface area contributed by atoms with Crippen LogP contribution in [0.3, 0.4) is 0 Å². The second-order valence-corrected chi connectivity index (χ2v) is 5.39. The number of benzene rings is 2. The molecule has 3 N–H and O–H groups in total. The van der Waals surface area contributed by atoms with Crippen molar-refractivity contribution in [1.29, 1.82) is 0 Å². The van der Waals surface area contributed by atoms with Crippen LogP contribution in [0.15, 0.2) is 54.7 Å². The number of amides is 2. The molecule has 0 bridgehead atoms. The molecule has 0 aliphatic carbocycles. The Morgan fingerprint density at radius 3 is 2.50 bits per heavy atom. The fourth-order valence-corrected chi connectivity index (χ4v) is 2.69. The number of nitrogens with one attached hydrogen (secondary N) is 1. The molecule has 0 radical (unpaired) electrons. The van der Waals surface area contributed by atoms with Gasteiger partial charge in [-0.25, -0.2) is 0 Å². The molecule has 0 fully saturated rings. The second kappa shape index (κ2) is 6.50. The lowest BCUT2D eigenvalue weighted by atomic mass is 10.0. The average molecular weight is 319 g/mol. The van der Waals surface area contributed by atoms with Crippen LogP contribution in [0.1, 0.15) is 33.2 Å². The molecule has 120 valence electrons. The Morgan fingerprint density at radius 1 is 1.04 bits per heavy atom. The summed E-state index contributed by atoms with van der Waals surface area (Å²) in [6, 6.07) is 14.7. The Labute approximate surface area is 139 Å². The standard InChI is InChI=1S/C19H17N3O2/c1-2-12-7-3-4-8-13(12)19(24)22-17-14-9-5-6-10-16(14)21-11-15(17)18(20)23/h3-11H,2H2,1H3,(H2,20,23)(H,21,22,24). The molecule has 0 atom stereocenters. The lowest BCUT2D eigenvalue weighted by Crippen LogP contribution is -2.20. The van der Waals surface area contributed by atoms with Gasteiger partial charge in [-0.05, 0) is 24.1 Å². The van der Waals surface area contributed by atoms with E-state index < -0.39 is 5.91 Å². The quantitative estimate of drug-likeness (QED) is 0.774. The molecular weight excluding hydrogens is 302 g/mol. The van der Waals surface area contributed by atoms with E-state index in [2.05, 4.69) is 10.3 Å². The summed E-state index contributed by atoms with van der Waals surface area (Å²) < 4.78 is 0. The van der Waals surface area contributed by atoms with Crippen molar-refractivity contribution >= 4 is 28.4 Å². The number of carbonyl (C=O) groups is 2. The predicted molar refractivity (Wildman–Crippen MR) is 94.0 cm³/mol. The van der Waals surface area contributed by atoms with E-state index in [9.17, 15) is 9.59 Å². The molecule has 0 aliphatic heterocycles. The van der Waals surface area contributed by atoms with E-state index in [1.807, 2.05) is 43.3 Å². The zero-order chi connectivity index (χ0) is 17.1. The van der Waals surface area contributed by atoms with Crippen molar-refractivity contribution in [2.24, 2.45) is 5.73 Å². The van der Waals surface area contributed by atoms with Crippen LogP contribution in [-0.4, -0.2) is 16.8 Å². The van der Waals surface area contributed by atoms with E-state index in [-0.39, 0.29) is 11.5 Å². The Morgan fingerprint density at radius 2 is 1.75 bits per heavy atom. The number of nitrogens with zero attached hydrogens (tertiary/aromatic N) is 1. The highest BCUT2D eigenvalue weighted by molar-refractivity contribution is 6.14. The maximum atomic E-state index is 12.7. The third-order valence-electron chi connectivity index (χ3n) is 3.92. The van der Waals surface area contributed by atoms with Crippen molar-refractivity contribution in [2.45, 2.75) is 13.3 Å². The lowest BCUT2D eigenvalue weighted by molar-refractivity contribution is 0.100. The molecule has 0 saturated carbocycles. The van der Waals surface area contributed by atoms with Crippen molar-refractivity contribution < 1.29 is 9.59 Å². The summed E-state index contributed by atoms with van der Waals surface area (Å²) >= 11 is 0. The summed E-state index contributed by atoms with van der Waals surface area (Å²) in [7, 11) is 0. The first kappa shape index (κ1) is 15.7. The first-order valence-corrected chi connectivity index (χ1v) is 7.68. The monoisotopic (exact) mass is 319 g/mol. The molecule has 0 spiro atoms. The third-order valence-corrected chi connectivity index (χ3v) is 3.92. The fraction of sp³-hybridized carbons (Fsp3) is 0.105. The molecule has 5 nitrogen and oxygen atoms in total. The van der Waals surface area contributed by atoms with Gasteiger partial charge in [0.2, 0.25) is 0 Å². The fourth-order valence-electron chi connectivity index (χ4n) is 2.69. The molecule has 1 aromatic heterocycles. The summed E-state index contributed by atoms with van der Waals surface area (Å²) in [5, 5.41) is 3.52. The first-order chi connectivity index (χ1) is 11.6. The van der Waals surface area contributed by atoms with Gasteiger partial charge in [0.05, 0.1) is 16.8 Å². The van der Waals surface area contributed by atoms with Crippen LogP contribution in [0.5, 0.6) is 0 Å². The number of pyridine rings is 1. The average Bonchev–Trinajstić information content (AvgIpc) is 2.61. The van der Waals surface area contributed by atoms with Crippen molar-refractivity contribution in [3.05, 3.63) is 71.4 Å². The zero-order valence-electron chi connectivity index (χ0n) is 13.2. The molecule has 3 aromatic rings. The van der Waals surface area contributed by atoms with Gasteiger partial charge >= 0.3 is 0 Å². The van der Waals surface area contributed by atoms with Crippen molar-refractivity contribution in [2.75, 3.05) is 5.32 Å². The number of carbonyl (C=O) groups excluding carboxylic acids is 2.